The van der Waals surface area contributed by atoms with Crippen LogP contribution in [0.5, 0.6) is 0 Å². The number of halogens is 4. The molecule has 0 bridgehead atoms. The summed E-state index contributed by atoms with van der Waals surface area (Å²) in [4.78, 5) is 24.6. The van der Waals surface area contributed by atoms with Crippen LogP contribution in [0.1, 0.15) is 12.0 Å². The number of carbonyl (C=O) groups is 2. The van der Waals surface area contributed by atoms with Crippen LogP contribution in [0.3, 0.4) is 0 Å². The highest BCUT2D eigenvalue weighted by atomic mass is 19.4. The maximum Gasteiger partial charge on any atom is 0.419 e. The van der Waals surface area contributed by atoms with Crippen LogP contribution in [0.2, 0.25) is 0 Å². The SMILES string of the molecule is CN1CC(C(=O)Nc2ccc(F)c(C(F)(F)F)c2)CC1=O. The van der Waals surface area contributed by atoms with E-state index in [-0.39, 0.29) is 24.6 Å². The van der Waals surface area contributed by atoms with Crippen molar-refractivity contribution in [3.05, 3.63) is 29.6 Å². The minimum absolute atomic E-state index is 0.00958. The second kappa shape index (κ2) is 5.34. The van der Waals surface area contributed by atoms with E-state index in [1.807, 2.05) is 0 Å². The Labute approximate surface area is 117 Å². The molecule has 1 unspecified atom stereocenters. The van der Waals surface area contributed by atoms with Crippen molar-refractivity contribution in [1.82, 2.24) is 4.90 Å². The zero-order valence-electron chi connectivity index (χ0n) is 11.0. The topological polar surface area (TPSA) is 49.4 Å². The first-order valence-electron chi connectivity index (χ1n) is 6.10. The summed E-state index contributed by atoms with van der Waals surface area (Å²) in [6.07, 6.45) is -4.83. The fraction of sp³-hybridized carbons (Fsp3) is 0.385. The molecule has 1 saturated heterocycles. The number of carbonyl (C=O) groups excluding carboxylic acids is 2. The molecule has 1 aliphatic rings. The first-order valence-corrected chi connectivity index (χ1v) is 6.10. The van der Waals surface area contributed by atoms with Crippen LogP contribution in [0.4, 0.5) is 23.2 Å². The van der Waals surface area contributed by atoms with E-state index in [2.05, 4.69) is 5.32 Å². The molecule has 4 nitrogen and oxygen atoms in total. The van der Waals surface area contributed by atoms with E-state index in [9.17, 15) is 27.2 Å². The van der Waals surface area contributed by atoms with Gasteiger partial charge < -0.3 is 10.2 Å². The number of alkyl halides is 3. The number of rotatable bonds is 2. The number of benzene rings is 1. The van der Waals surface area contributed by atoms with Crippen molar-refractivity contribution in [2.75, 3.05) is 18.9 Å². The van der Waals surface area contributed by atoms with Gasteiger partial charge in [0, 0.05) is 25.7 Å². The predicted octanol–water partition coefficient (Wildman–Crippen LogP) is 2.26. The van der Waals surface area contributed by atoms with Crippen LogP contribution in [-0.2, 0) is 15.8 Å². The van der Waals surface area contributed by atoms with Gasteiger partial charge in [0.05, 0.1) is 11.5 Å². The molecule has 1 aromatic rings. The van der Waals surface area contributed by atoms with E-state index in [1.54, 1.807) is 0 Å². The van der Waals surface area contributed by atoms with E-state index in [0.29, 0.717) is 12.1 Å². The van der Waals surface area contributed by atoms with E-state index in [1.165, 1.54) is 11.9 Å². The van der Waals surface area contributed by atoms with Gasteiger partial charge in [-0.25, -0.2) is 4.39 Å². The maximum absolute atomic E-state index is 13.1. The van der Waals surface area contributed by atoms with Crippen LogP contribution in [0.15, 0.2) is 18.2 Å². The highest BCUT2D eigenvalue weighted by Gasteiger charge is 2.35. The van der Waals surface area contributed by atoms with Crippen molar-refractivity contribution in [2.24, 2.45) is 5.92 Å². The van der Waals surface area contributed by atoms with Crippen LogP contribution >= 0.6 is 0 Å². The Morgan fingerprint density at radius 1 is 1.38 bits per heavy atom. The Morgan fingerprint density at radius 2 is 2.05 bits per heavy atom. The lowest BCUT2D eigenvalue weighted by Gasteiger charge is -2.13. The zero-order valence-corrected chi connectivity index (χ0v) is 11.0. The summed E-state index contributed by atoms with van der Waals surface area (Å²) in [7, 11) is 1.54. The fourth-order valence-corrected chi connectivity index (χ4v) is 2.10. The van der Waals surface area contributed by atoms with Crippen LogP contribution < -0.4 is 5.32 Å². The molecular weight excluding hydrogens is 292 g/mol. The Balaban J connectivity index is 2.13. The molecule has 0 saturated carbocycles. The molecule has 1 atom stereocenters. The van der Waals surface area contributed by atoms with Gasteiger partial charge in [0.1, 0.15) is 5.82 Å². The van der Waals surface area contributed by atoms with Crippen molar-refractivity contribution in [3.63, 3.8) is 0 Å². The van der Waals surface area contributed by atoms with Crippen LogP contribution in [-0.4, -0.2) is 30.3 Å². The number of anilines is 1. The number of nitrogens with one attached hydrogen (secondary N) is 1. The number of amides is 2. The Kier molecular flexibility index (Phi) is 3.89. The molecule has 1 aliphatic heterocycles. The molecule has 2 amide bonds. The van der Waals surface area contributed by atoms with E-state index in [0.717, 1.165) is 6.07 Å². The molecule has 114 valence electrons. The lowest BCUT2D eigenvalue weighted by Crippen LogP contribution is -2.26. The Morgan fingerprint density at radius 3 is 2.57 bits per heavy atom. The second-order valence-corrected chi connectivity index (χ2v) is 4.86. The number of hydrogen-bond acceptors (Lipinski definition) is 2. The highest BCUT2D eigenvalue weighted by molar-refractivity contribution is 5.97. The maximum atomic E-state index is 13.1. The smallest absolute Gasteiger partial charge is 0.345 e. The van der Waals surface area contributed by atoms with Gasteiger partial charge in [-0.2, -0.15) is 13.2 Å². The molecule has 0 radical (unpaired) electrons. The predicted molar refractivity (Wildman–Crippen MR) is 65.8 cm³/mol. The Bertz CT molecular complexity index is 586. The fourth-order valence-electron chi connectivity index (χ4n) is 2.10. The molecule has 1 aromatic carbocycles. The minimum atomic E-state index is -4.84. The Hall–Kier alpha value is -2.12. The zero-order chi connectivity index (χ0) is 15.8. The van der Waals surface area contributed by atoms with Gasteiger partial charge in [-0.05, 0) is 18.2 Å². The summed E-state index contributed by atoms with van der Waals surface area (Å²) in [5.41, 5.74) is -1.60. The van der Waals surface area contributed by atoms with Gasteiger partial charge in [0.15, 0.2) is 0 Å². The third-order valence-corrected chi connectivity index (χ3v) is 3.25. The quantitative estimate of drug-likeness (QED) is 0.852. The average Bonchev–Trinajstić information content (AvgIpc) is 2.71. The van der Waals surface area contributed by atoms with Crippen molar-refractivity contribution in [1.29, 1.82) is 0 Å². The standard InChI is InChI=1S/C13H12F4N2O2/c1-19-6-7(4-11(19)20)12(21)18-8-2-3-10(14)9(5-8)13(15,16)17/h2-3,5,7H,4,6H2,1H3,(H,18,21). The van der Waals surface area contributed by atoms with Gasteiger partial charge >= 0.3 is 6.18 Å². The van der Waals surface area contributed by atoms with Crippen LogP contribution in [0, 0.1) is 11.7 Å². The van der Waals surface area contributed by atoms with E-state index >= 15 is 0 Å². The van der Waals surface area contributed by atoms with E-state index in [4.69, 9.17) is 0 Å². The van der Waals surface area contributed by atoms with Crippen molar-refractivity contribution >= 4 is 17.5 Å². The van der Waals surface area contributed by atoms with Crippen LogP contribution in [0.25, 0.3) is 0 Å². The van der Waals surface area contributed by atoms with Gasteiger partial charge in [-0.3, -0.25) is 9.59 Å². The third-order valence-electron chi connectivity index (χ3n) is 3.25. The lowest BCUT2D eigenvalue weighted by molar-refractivity contribution is -0.140. The second-order valence-electron chi connectivity index (χ2n) is 4.86. The summed E-state index contributed by atoms with van der Waals surface area (Å²) in [6, 6.07) is 2.22. The number of hydrogen-bond donors (Lipinski definition) is 1. The first kappa shape index (κ1) is 15.3. The third kappa shape index (κ3) is 3.32. The molecule has 0 aliphatic carbocycles. The summed E-state index contributed by atoms with van der Waals surface area (Å²) >= 11 is 0. The summed E-state index contributed by atoms with van der Waals surface area (Å²) in [5, 5.41) is 2.28. The lowest BCUT2D eigenvalue weighted by atomic mass is 10.1. The molecule has 1 heterocycles. The van der Waals surface area contributed by atoms with Crippen molar-refractivity contribution in [2.45, 2.75) is 12.6 Å². The highest BCUT2D eigenvalue weighted by Crippen LogP contribution is 2.33. The average molecular weight is 304 g/mol. The first-order chi connectivity index (χ1) is 9.68. The number of nitrogens with zero attached hydrogens (tertiary/aromatic N) is 1. The summed E-state index contributed by atoms with van der Waals surface area (Å²) in [6.45, 7) is 0.206. The molecule has 0 spiro atoms. The van der Waals surface area contributed by atoms with Crippen molar-refractivity contribution < 1.29 is 27.2 Å². The molecule has 2 rings (SSSR count). The molecule has 8 heteroatoms. The molecule has 21 heavy (non-hydrogen) atoms. The monoisotopic (exact) mass is 304 g/mol. The molecule has 1 N–H and O–H groups in total. The van der Waals surface area contributed by atoms with Gasteiger partial charge in [-0.15, -0.1) is 0 Å². The molecule has 0 aromatic heterocycles. The van der Waals surface area contributed by atoms with E-state index < -0.39 is 29.4 Å². The van der Waals surface area contributed by atoms with Gasteiger partial charge in [-0.1, -0.05) is 0 Å². The van der Waals surface area contributed by atoms with Gasteiger partial charge in [0.25, 0.3) is 0 Å². The molecule has 1 fully saturated rings. The molecular formula is C13H12F4N2O2. The normalized spacial score (nSPS) is 19.0. The largest absolute Gasteiger partial charge is 0.419 e. The van der Waals surface area contributed by atoms with Crippen molar-refractivity contribution in [3.8, 4) is 0 Å². The van der Waals surface area contributed by atoms with Gasteiger partial charge in [0.2, 0.25) is 11.8 Å². The summed E-state index contributed by atoms with van der Waals surface area (Å²) < 4.78 is 50.8. The minimum Gasteiger partial charge on any atom is -0.345 e. The summed E-state index contributed by atoms with van der Waals surface area (Å²) in [5.74, 6) is -2.80. The number of likely N-dealkylation sites (tertiary alicyclic amines) is 1.